The number of nitrogens with two attached hydrogens (primary N) is 1. The number of rotatable bonds is 3. The Morgan fingerprint density at radius 3 is 3.07 bits per heavy atom. The Hall–Kier alpha value is -2.11. The smallest absolute Gasteiger partial charge is 0.227 e. The van der Waals surface area contributed by atoms with Gasteiger partial charge in [0.15, 0.2) is 0 Å². The maximum Gasteiger partial charge on any atom is 0.227 e. The predicted octanol–water partition coefficient (Wildman–Crippen LogP) is 0.659. The Morgan fingerprint density at radius 1 is 1.43 bits per heavy atom. The Labute approximate surface area is 80.2 Å². The van der Waals surface area contributed by atoms with Gasteiger partial charge in [-0.3, -0.25) is 0 Å². The van der Waals surface area contributed by atoms with Crippen LogP contribution in [0.4, 0.5) is 11.9 Å². The second-order valence-electron chi connectivity index (χ2n) is 2.65. The molecule has 3 N–H and O–H groups in total. The molecule has 0 spiro atoms. The fourth-order valence-corrected chi connectivity index (χ4v) is 0.968. The molecule has 0 aliphatic rings. The van der Waals surface area contributed by atoms with Gasteiger partial charge in [0.25, 0.3) is 0 Å². The molecular formula is C8H9N5O. The maximum absolute atomic E-state index is 5.39. The molecule has 0 aromatic carbocycles. The molecule has 2 aromatic heterocycles. The average molecular weight is 191 g/mol. The van der Waals surface area contributed by atoms with Crippen LogP contribution < -0.4 is 11.1 Å². The van der Waals surface area contributed by atoms with Crippen LogP contribution in [-0.2, 0) is 6.54 Å². The zero-order valence-electron chi connectivity index (χ0n) is 7.34. The molecule has 2 rings (SSSR count). The lowest BCUT2D eigenvalue weighted by atomic mass is 10.3. The van der Waals surface area contributed by atoms with Crippen LogP contribution in [0.3, 0.4) is 0 Å². The van der Waals surface area contributed by atoms with Crippen molar-refractivity contribution >= 4 is 11.9 Å². The van der Waals surface area contributed by atoms with Gasteiger partial charge in [-0.25, -0.2) is 9.97 Å². The summed E-state index contributed by atoms with van der Waals surface area (Å²) in [7, 11) is 0. The Morgan fingerprint density at radius 2 is 2.36 bits per heavy atom. The minimum atomic E-state index is 0.203. The zero-order valence-corrected chi connectivity index (χ0v) is 7.34. The third-order valence-electron chi connectivity index (χ3n) is 1.62. The summed E-state index contributed by atoms with van der Waals surface area (Å²) in [6.07, 6.45) is 4.62. The first-order valence-corrected chi connectivity index (χ1v) is 4.04. The average Bonchev–Trinajstić information content (AvgIpc) is 2.67. The number of hydrogen-bond donors (Lipinski definition) is 2. The van der Waals surface area contributed by atoms with Gasteiger partial charge in [-0.2, -0.15) is 4.98 Å². The van der Waals surface area contributed by atoms with Gasteiger partial charge in [-0.1, -0.05) is 0 Å². The summed E-state index contributed by atoms with van der Waals surface area (Å²) in [5.74, 6) is 0.661. The van der Waals surface area contributed by atoms with Gasteiger partial charge in [0.2, 0.25) is 11.9 Å². The van der Waals surface area contributed by atoms with E-state index in [9.17, 15) is 0 Å². The lowest BCUT2D eigenvalue weighted by molar-refractivity contribution is 0.564. The Balaban J connectivity index is 1.98. The summed E-state index contributed by atoms with van der Waals surface area (Å²) < 4.78 is 4.91. The number of nitrogen functional groups attached to an aromatic ring is 1. The summed E-state index contributed by atoms with van der Waals surface area (Å²) in [5.41, 5.74) is 6.40. The summed E-state index contributed by atoms with van der Waals surface area (Å²) in [6, 6.07) is 1.86. The fraction of sp³-hybridized carbons (Fsp3) is 0.125. The highest BCUT2D eigenvalue weighted by molar-refractivity contribution is 5.29. The fourth-order valence-electron chi connectivity index (χ4n) is 0.968. The number of nitrogens with one attached hydrogen (secondary N) is 1. The van der Waals surface area contributed by atoms with Crippen molar-refractivity contribution in [2.45, 2.75) is 6.54 Å². The van der Waals surface area contributed by atoms with Gasteiger partial charge < -0.3 is 15.5 Å². The van der Waals surface area contributed by atoms with E-state index in [1.165, 1.54) is 6.33 Å². The molecule has 0 radical (unpaired) electrons. The van der Waals surface area contributed by atoms with Crippen molar-refractivity contribution in [3.8, 4) is 0 Å². The molecule has 0 aliphatic heterocycles. The second-order valence-corrected chi connectivity index (χ2v) is 2.65. The molecule has 0 bridgehead atoms. The van der Waals surface area contributed by atoms with Gasteiger partial charge >= 0.3 is 0 Å². The lowest BCUT2D eigenvalue weighted by Gasteiger charge is -2.01. The van der Waals surface area contributed by atoms with Gasteiger partial charge in [-0.05, 0) is 6.07 Å². The second kappa shape index (κ2) is 3.73. The summed E-state index contributed by atoms with van der Waals surface area (Å²) >= 11 is 0. The van der Waals surface area contributed by atoms with E-state index in [2.05, 4.69) is 20.3 Å². The highest BCUT2D eigenvalue weighted by Crippen LogP contribution is 2.03. The van der Waals surface area contributed by atoms with Crippen molar-refractivity contribution in [1.29, 1.82) is 0 Å². The molecule has 14 heavy (non-hydrogen) atoms. The van der Waals surface area contributed by atoms with E-state index in [0.717, 1.165) is 5.56 Å². The van der Waals surface area contributed by atoms with E-state index in [0.29, 0.717) is 12.5 Å². The predicted molar refractivity (Wildman–Crippen MR) is 50.3 cm³/mol. The van der Waals surface area contributed by atoms with E-state index < -0.39 is 0 Å². The van der Waals surface area contributed by atoms with Crippen LogP contribution in [0.25, 0.3) is 0 Å². The quantitative estimate of drug-likeness (QED) is 0.740. The van der Waals surface area contributed by atoms with Gasteiger partial charge in [0.1, 0.15) is 6.33 Å². The monoisotopic (exact) mass is 191 g/mol. The number of hydrogen-bond acceptors (Lipinski definition) is 6. The molecule has 0 fully saturated rings. The first-order valence-electron chi connectivity index (χ1n) is 4.04. The van der Waals surface area contributed by atoms with Gasteiger partial charge in [-0.15, -0.1) is 0 Å². The van der Waals surface area contributed by atoms with Crippen LogP contribution >= 0.6 is 0 Å². The molecule has 0 atom stereocenters. The molecule has 6 heteroatoms. The molecule has 72 valence electrons. The van der Waals surface area contributed by atoms with Crippen molar-refractivity contribution in [1.82, 2.24) is 15.0 Å². The molecule has 0 unspecified atom stereocenters. The normalized spacial score (nSPS) is 10.0. The van der Waals surface area contributed by atoms with Gasteiger partial charge in [0.05, 0.1) is 12.5 Å². The molecule has 0 saturated heterocycles. The van der Waals surface area contributed by atoms with E-state index >= 15 is 0 Å². The number of furan rings is 1. The first-order chi connectivity index (χ1) is 6.84. The van der Waals surface area contributed by atoms with Crippen LogP contribution in [0.15, 0.2) is 29.3 Å². The Kier molecular flexibility index (Phi) is 2.26. The van der Waals surface area contributed by atoms with Crippen LogP contribution in [-0.4, -0.2) is 15.0 Å². The highest BCUT2D eigenvalue weighted by atomic mass is 16.3. The Bertz CT molecular complexity index is 400. The summed E-state index contributed by atoms with van der Waals surface area (Å²) in [4.78, 5) is 11.5. The van der Waals surface area contributed by atoms with Crippen LogP contribution in [0.2, 0.25) is 0 Å². The molecular weight excluding hydrogens is 182 g/mol. The van der Waals surface area contributed by atoms with E-state index in [1.807, 2.05) is 6.07 Å². The first kappa shape index (κ1) is 8.49. The standard InChI is InChI=1S/C8H9N5O/c9-7-11-5-12-8(13-7)10-3-6-1-2-14-4-6/h1-2,4-5H,3H2,(H3,9,10,11,12,13). The van der Waals surface area contributed by atoms with Crippen molar-refractivity contribution in [3.63, 3.8) is 0 Å². The number of aromatic nitrogens is 3. The number of anilines is 2. The molecule has 0 aliphatic carbocycles. The topological polar surface area (TPSA) is 89.9 Å². The number of nitrogens with zero attached hydrogens (tertiary/aromatic N) is 3. The molecule has 0 amide bonds. The highest BCUT2D eigenvalue weighted by Gasteiger charge is 1.98. The SMILES string of the molecule is Nc1ncnc(NCc2ccoc2)n1. The minimum absolute atomic E-state index is 0.203. The summed E-state index contributed by atoms with van der Waals surface area (Å²) in [6.45, 7) is 0.597. The van der Waals surface area contributed by atoms with Crippen molar-refractivity contribution in [2.75, 3.05) is 11.1 Å². The molecule has 2 aromatic rings. The van der Waals surface area contributed by atoms with Crippen molar-refractivity contribution < 1.29 is 4.42 Å². The third-order valence-corrected chi connectivity index (χ3v) is 1.62. The molecule has 0 saturated carbocycles. The molecule has 2 heterocycles. The maximum atomic E-state index is 5.39. The molecule has 6 nitrogen and oxygen atoms in total. The van der Waals surface area contributed by atoms with Crippen molar-refractivity contribution in [3.05, 3.63) is 30.5 Å². The minimum Gasteiger partial charge on any atom is -0.472 e. The summed E-state index contributed by atoms with van der Waals surface area (Å²) in [5, 5.41) is 2.99. The van der Waals surface area contributed by atoms with E-state index in [1.54, 1.807) is 12.5 Å². The lowest BCUT2D eigenvalue weighted by Crippen LogP contribution is -2.05. The third kappa shape index (κ3) is 1.98. The van der Waals surface area contributed by atoms with Gasteiger partial charge in [0, 0.05) is 12.1 Å². The van der Waals surface area contributed by atoms with Crippen molar-refractivity contribution in [2.24, 2.45) is 0 Å². The van der Waals surface area contributed by atoms with Crippen LogP contribution in [0.1, 0.15) is 5.56 Å². The van der Waals surface area contributed by atoms with Crippen LogP contribution in [0, 0.1) is 0 Å². The zero-order chi connectivity index (χ0) is 9.80. The van der Waals surface area contributed by atoms with Crippen LogP contribution in [0.5, 0.6) is 0 Å². The van der Waals surface area contributed by atoms with E-state index in [4.69, 9.17) is 10.2 Å². The largest absolute Gasteiger partial charge is 0.472 e. The van der Waals surface area contributed by atoms with E-state index in [-0.39, 0.29) is 5.95 Å².